The largest absolute Gasteiger partial charge is 0.340 e. The van der Waals surface area contributed by atoms with Gasteiger partial charge in [-0.3, -0.25) is 9.97 Å². The quantitative estimate of drug-likeness (QED) is 0.119. The molecule has 7 rings (SSSR count). The Bertz CT molecular complexity index is 2020. The van der Waals surface area contributed by atoms with E-state index in [4.69, 9.17) is 4.98 Å². The van der Waals surface area contributed by atoms with E-state index in [9.17, 15) is 0 Å². The maximum absolute atomic E-state index is 4.93. The van der Waals surface area contributed by atoms with Crippen LogP contribution in [0.5, 0.6) is 0 Å². The number of para-hydroxylation sites is 1. The molecule has 0 aliphatic heterocycles. The van der Waals surface area contributed by atoms with E-state index in [0.717, 1.165) is 45.9 Å². The first-order valence-electron chi connectivity index (χ1n) is 15.9. The summed E-state index contributed by atoms with van der Waals surface area (Å²) in [6, 6.07) is 38.5. The van der Waals surface area contributed by atoms with Crippen LogP contribution in [0.25, 0.3) is 67.7 Å². The summed E-state index contributed by atoms with van der Waals surface area (Å²) in [5.74, 6) is 0. The molecular weight excluding hydrogens is 548 g/mol. The van der Waals surface area contributed by atoms with Crippen molar-refractivity contribution >= 4 is 34.0 Å². The summed E-state index contributed by atoms with van der Waals surface area (Å²) in [7, 11) is 0. The zero-order valence-corrected chi connectivity index (χ0v) is 25.6. The minimum atomic E-state index is 0.841. The Kier molecular flexibility index (Phi) is 8.28. The van der Waals surface area contributed by atoms with E-state index in [1.54, 1.807) is 12.4 Å². The van der Waals surface area contributed by atoms with Crippen LogP contribution < -0.4 is 0 Å². The Balaban J connectivity index is 1.16. The van der Waals surface area contributed by atoms with Crippen LogP contribution in [0.15, 0.2) is 128 Å². The van der Waals surface area contributed by atoms with Crippen LogP contribution in [0.4, 0.5) is 0 Å². The Labute approximate surface area is 264 Å². The molecule has 0 saturated carbocycles. The molecule has 0 fully saturated rings. The Morgan fingerprint density at radius 2 is 1.38 bits per heavy atom. The second-order valence-corrected chi connectivity index (χ2v) is 11.5. The molecule has 220 valence electrons. The van der Waals surface area contributed by atoms with Gasteiger partial charge < -0.3 is 4.57 Å². The van der Waals surface area contributed by atoms with Gasteiger partial charge in [0.05, 0.1) is 17.1 Å². The summed E-state index contributed by atoms with van der Waals surface area (Å²) in [4.78, 5) is 13.8. The maximum Gasteiger partial charge on any atom is 0.0899 e. The highest BCUT2D eigenvalue weighted by molar-refractivity contribution is 6.08. The van der Waals surface area contributed by atoms with E-state index >= 15 is 0 Å². The monoisotopic (exact) mass is 584 g/mol. The molecule has 4 aromatic heterocycles. The van der Waals surface area contributed by atoms with E-state index < -0.39 is 0 Å². The van der Waals surface area contributed by atoms with Crippen LogP contribution in [0.2, 0.25) is 0 Å². The molecule has 7 aromatic rings. The summed E-state index contributed by atoms with van der Waals surface area (Å²) < 4.78 is 2.50. The van der Waals surface area contributed by atoms with Crippen LogP contribution in [0, 0.1) is 0 Å². The van der Waals surface area contributed by atoms with Gasteiger partial charge in [-0.05, 0) is 83.3 Å². The van der Waals surface area contributed by atoms with Gasteiger partial charge >= 0.3 is 0 Å². The van der Waals surface area contributed by atoms with Crippen LogP contribution in [0.1, 0.15) is 43.7 Å². The van der Waals surface area contributed by atoms with Crippen molar-refractivity contribution in [1.82, 2.24) is 19.5 Å². The minimum absolute atomic E-state index is 0.841. The van der Waals surface area contributed by atoms with E-state index in [1.807, 2.05) is 36.5 Å². The molecule has 0 amide bonds. The third-order valence-electron chi connectivity index (χ3n) is 8.45. The normalized spacial score (nSPS) is 11.6. The first-order valence-corrected chi connectivity index (χ1v) is 15.9. The SMILES string of the molecule is CCCCCCn1c2ccccc2c2cc(/C=C/c3ccc(-c4cc(-c5cccnc5)nc(-c5ccccn5)c4)cc3)ccc21. The van der Waals surface area contributed by atoms with Gasteiger partial charge in [0.15, 0.2) is 0 Å². The van der Waals surface area contributed by atoms with Crippen molar-refractivity contribution in [1.29, 1.82) is 0 Å². The fourth-order valence-electron chi connectivity index (χ4n) is 6.10. The van der Waals surface area contributed by atoms with Gasteiger partial charge in [-0.25, -0.2) is 4.98 Å². The van der Waals surface area contributed by atoms with Crippen LogP contribution in [0.3, 0.4) is 0 Å². The lowest BCUT2D eigenvalue weighted by Gasteiger charge is -2.10. The summed E-state index contributed by atoms with van der Waals surface area (Å²) in [5.41, 5.74) is 10.8. The summed E-state index contributed by atoms with van der Waals surface area (Å²) in [6.07, 6.45) is 14.9. The van der Waals surface area contributed by atoms with Crippen molar-refractivity contribution in [3.05, 3.63) is 139 Å². The number of hydrogen-bond donors (Lipinski definition) is 0. The third-order valence-corrected chi connectivity index (χ3v) is 8.45. The highest BCUT2D eigenvalue weighted by Gasteiger charge is 2.11. The molecule has 4 nitrogen and oxygen atoms in total. The van der Waals surface area contributed by atoms with Gasteiger partial charge in [0, 0.05) is 52.5 Å². The molecule has 3 aromatic carbocycles. The maximum atomic E-state index is 4.93. The van der Waals surface area contributed by atoms with Crippen molar-refractivity contribution in [3.8, 4) is 33.8 Å². The fraction of sp³-hybridized carbons (Fsp3) is 0.146. The highest BCUT2D eigenvalue weighted by atomic mass is 15.0. The van der Waals surface area contributed by atoms with Crippen molar-refractivity contribution in [2.45, 2.75) is 39.2 Å². The highest BCUT2D eigenvalue weighted by Crippen LogP contribution is 2.32. The number of aryl methyl sites for hydroxylation is 1. The predicted molar refractivity (Wildman–Crippen MR) is 189 cm³/mol. The Hall–Kier alpha value is -5.35. The van der Waals surface area contributed by atoms with Crippen molar-refractivity contribution < 1.29 is 0 Å². The molecule has 0 radical (unpaired) electrons. The van der Waals surface area contributed by atoms with Crippen molar-refractivity contribution in [2.75, 3.05) is 0 Å². The van der Waals surface area contributed by atoms with Crippen molar-refractivity contribution in [2.24, 2.45) is 0 Å². The third kappa shape index (κ3) is 6.18. The first kappa shape index (κ1) is 28.4. The first-order chi connectivity index (χ1) is 22.3. The lowest BCUT2D eigenvalue weighted by Crippen LogP contribution is -1.97. The molecule has 0 atom stereocenters. The standard InChI is InChI=1S/C41H36N4/c1-2-3-4-9-25-45-40-14-6-5-12-35(40)36-26-31(19-22-41(36)45)16-15-30-17-20-32(21-18-30)34-27-38(33-11-10-23-42-29-33)44-39(28-34)37-13-7-8-24-43-37/h5-8,10-24,26-29H,2-4,9,25H2,1H3/b16-15+. The zero-order valence-electron chi connectivity index (χ0n) is 25.6. The summed E-state index contributed by atoms with van der Waals surface area (Å²) >= 11 is 0. The molecular formula is C41H36N4. The number of fused-ring (bicyclic) bond motifs is 3. The summed E-state index contributed by atoms with van der Waals surface area (Å²) in [6.45, 7) is 3.33. The Morgan fingerprint density at radius 3 is 2.20 bits per heavy atom. The number of benzene rings is 3. The number of aromatic nitrogens is 4. The molecule has 0 unspecified atom stereocenters. The van der Waals surface area contributed by atoms with E-state index in [1.165, 1.54) is 53.1 Å². The molecule has 45 heavy (non-hydrogen) atoms. The lowest BCUT2D eigenvalue weighted by atomic mass is 10.0. The van der Waals surface area contributed by atoms with Crippen LogP contribution >= 0.6 is 0 Å². The smallest absolute Gasteiger partial charge is 0.0899 e. The molecule has 0 spiro atoms. The molecule has 0 bridgehead atoms. The fourth-order valence-corrected chi connectivity index (χ4v) is 6.10. The van der Waals surface area contributed by atoms with E-state index in [-0.39, 0.29) is 0 Å². The topological polar surface area (TPSA) is 43.6 Å². The number of rotatable bonds is 10. The number of hydrogen-bond acceptors (Lipinski definition) is 3. The number of unbranched alkanes of at least 4 members (excludes halogenated alkanes) is 3. The Morgan fingerprint density at radius 1 is 0.578 bits per heavy atom. The molecule has 0 aliphatic carbocycles. The average Bonchev–Trinajstić information content (AvgIpc) is 3.42. The number of nitrogens with zero attached hydrogens (tertiary/aromatic N) is 4. The van der Waals surface area contributed by atoms with Crippen molar-refractivity contribution in [3.63, 3.8) is 0 Å². The van der Waals surface area contributed by atoms with Crippen LogP contribution in [-0.4, -0.2) is 19.5 Å². The van der Waals surface area contributed by atoms with Gasteiger partial charge in [-0.2, -0.15) is 0 Å². The predicted octanol–water partition coefficient (Wildman–Crippen LogP) is 10.7. The lowest BCUT2D eigenvalue weighted by molar-refractivity contribution is 0.602. The van der Waals surface area contributed by atoms with E-state index in [0.29, 0.717) is 0 Å². The average molecular weight is 585 g/mol. The van der Waals surface area contributed by atoms with Gasteiger partial charge in [0.25, 0.3) is 0 Å². The minimum Gasteiger partial charge on any atom is -0.340 e. The molecule has 4 heteroatoms. The van der Waals surface area contributed by atoms with Gasteiger partial charge in [-0.1, -0.05) is 92.9 Å². The zero-order chi connectivity index (χ0) is 30.4. The number of pyridine rings is 3. The second-order valence-electron chi connectivity index (χ2n) is 11.5. The molecule has 0 N–H and O–H groups in total. The van der Waals surface area contributed by atoms with Gasteiger partial charge in [0.2, 0.25) is 0 Å². The molecule has 0 aliphatic rings. The molecule has 0 saturated heterocycles. The second kappa shape index (κ2) is 13.1. The van der Waals surface area contributed by atoms with Gasteiger partial charge in [-0.15, -0.1) is 0 Å². The summed E-state index contributed by atoms with van der Waals surface area (Å²) in [5, 5.41) is 2.65. The van der Waals surface area contributed by atoms with Gasteiger partial charge in [0.1, 0.15) is 0 Å². The van der Waals surface area contributed by atoms with E-state index in [2.05, 4.69) is 112 Å². The molecule has 4 heterocycles. The van der Waals surface area contributed by atoms with Crippen LogP contribution in [-0.2, 0) is 6.54 Å².